The number of nitrogens with one attached hydrogen (secondary N) is 1. The summed E-state index contributed by atoms with van der Waals surface area (Å²) in [5.41, 5.74) is 1.81. The highest BCUT2D eigenvalue weighted by atomic mass is 35.5. The Labute approximate surface area is 199 Å². The molecule has 1 aromatic heterocycles. The number of rotatable bonds is 8. The van der Waals surface area contributed by atoms with Crippen molar-refractivity contribution in [3.63, 3.8) is 0 Å². The van der Waals surface area contributed by atoms with Crippen molar-refractivity contribution in [1.82, 2.24) is 25.1 Å². The minimum absolute atomic E-state index is 0.0154. The quantitative estimate of drug-likeness (QED) is 0.358. The molecule has 1 N–H and O–H groups in total. The first-order valence-electron chi connectivity index (χ1n) is 11.3. The second-order valence-electron chi connectivity index (χ2n) is 8.41. The minimum Gasteiger partial charge on any atom is -0.354 e. The van der Waals surface area contributed by atoms with Crippen molar-refractivity contribution in [3.05, 3.63) is 46.6 Å². The van der Waals surface area contributed by atoms with Crippen molar-refractivity contribution >= 4 is 35.1 Å². The number of hydrogen-bond acceptors (Lipinski definition) is 7. The molecule has 172 valence electrons. The van der Waals surface area contributed by atoms with Crippen LogP contribution in [0.1, 0.15) is 28.8 Å². The molecule has 2 aliphatic rings. The highest BCUT2D eigenvalue weighted by molar-refractivity contribution is 7.98. The van der Waals surface area contributed by atoms with Crippen LogP contribution in [0.15, 0.2) is 35.5 Å². The predicted molar refractivity (Wildman–Crippen MR) is 131 cm³/mol. The number of amides is 1. The van der Waals surface area contributed by atoms with E-state index in [1.807, 2.05) is 30.3 Å². The van der Waals surface area contributed by atoms with Crippen LogP contribution in [0.2, 0.25) is 5.15 Å². The van der Waals surface area contributed by atoms with Crippen molar-refractivity contribution in [1.29, 1.82) is 0 Å². The Balaban J connectivity index is 1.27. The van der Waals surface area contributed by atoms with E-state index in [0.29, 0.717) is 22.4 Å². The van der Waals surface area contributed by atoms with Gasteiger partial charge >= 0.3 is 0 Å². The summed E-state index contributed by atoms with van der Waals surface area (Å²) in [6, 6.07) is 9.60. The van der Waals surface area contributed by atoms with Crippen LogP contribution in [-0.2, 0) is 5.75 Å². The lowest BCUT2D eigenvalue weighted by Crippen LogP contribution is -2.44. The number of likely N-dealkylation sites (tertiary alicyclic amines) is 1. The molecule has 0 unspecified atom stereocenters. The van der Waals surface area contributed by atoms with Crippen LogP contribution in [-0.4, -0.2) is 85.1 Å². The number of piperazine rings is 1. The van der Waals surface area contributed by atoms with Gasteiger partial charge in [-0.05, 0) is 50.7 Å². The summed E-state index contributed by atoms with van der Waals surface area (Å²) in [5, 5.41) is 4.17. The third-order valence-corrected chi connectivity index (χ3v) is 7.10. The molecule has 2 fully saturated rings. The van der Waals surface area contributed by atoms with Gasteiger partial charge in [0.2, 0.25) is 0 Å². The zero-order chi connectivity index (χ0) is 22.3. The lowest BCUT2D eigenvalue weighted by atomic mass is 10.1. The molecule has 0 atom stereocenters. The number of carbonyl (C=O) groups is 1. The van der Waals surface area contributed by atoms with Gasteiger partial charge < -0.3 is 20.0 Å². The molecule has 2 aliphatic heterocycles. The van der Waals surface area contributed by atoms with Gasteiger partial charge in [0.05, 0.1) is 0 Å². The topological polar surface area (TPSA) is 64.6 Å². The number of halogens is 1. The van der Waals surface area contributed by atoms with E-state index in [1.165, 1.54) is 12.8 Å². The Bertz CT molecular complexity index is 898. The maximum Gasteiger partial charge on any atom is 0.251 e. The van der Waals surface area contributed by atoms with Crippen LogP contribution in [0.3, 0.4) is 0 Å². The molecule has 4 rings (SSSR count). The van der Waals surface area contributed by atoms with E-state index in [1.54, 1.807) is 11.8 Å². The molecule has 1 aromatic carbocycles. The maximum absolute atomic E-state index is 12.4. The van der Waals surface area contributed by atoms with Gasteiger partial charge in [-0.25, -0.2) is 9.97 Å². The van der Waals surface area contributed by atoms with E-state index in [0.717, 1.165) is 62.9 Å². The molecule has 0 spiro atoms. The number of hydrogen-bond donors (Lipinski definition) is 1. The van der Waals surface area contributed by atoms with Crippen LogP contribution in [0, 0.1) is 0 Å². The zero-order valence-electron chi connectivity index (χ0n) is 18.6. The summed E-state index contributed by atoms with van der Waals surface area (Å²) in [4.78, 5) is 28.4. The van der Waals surface area contributed by atoms with Crippen LogP contribution < -0.4 is 10.2 Å². The van der Waals surface area contributed by atoms with E-state index in [9.17, 15) is 4.79 Å². The van der Waals surface area contributed by atoms with Crippen molar-refractivity contribution in [3.8, 4) is 0 Å². The average molecular weight is 475 g/mol. The van der Waals surface area contributed by atoms with Gasteiger partial charge in [-0.3, -0.25) is 4.79 Å². The average Bonchev–Trinajstić information content (AvgIpc) is 3.32. The number of aromatic nitrogens is 2. The summed E-state index contributed by atoms with van der Waals surface area (Å²) in [6.07, 6.45) is 2.54. The molecule has 0 saturated carbocycles. The minimum atomic E-state index is -0.0154. The molecule has 7 nitrogen and oxygen atoms in total. The second kappa shape index (κ2) is 11.3. The third kappa shape index (κ3) is 6.57. The smallest absolute Gasteiger partial charge is 0.251 e. The van der Waals surface area contributed by atoms with E-state index in [4.69, 9.17) is 16.6 Å². The van der Waals surface area contributed by atoms with Gasteiger partial charge in [0.15, 0.2) is 5.16 Å². The predicted octanol–water partition coefficient (Wildman–Crippen LogP) is 3.00. The van der Waals surface area contributed by atoms with Gasteiger partial charge in [0.25, 0.3) is 5.91 Å². The van der Waals surface area contributed by atoms with Crippen molar-refractivity contribution in [2.24, 2.45) is 0 Å². The van der Waals surface area contributed by atoms with Gasteiger partial charge in [-0.15, -0.1) is 0 Å². The first-order chi connectivity index (χ1) is 15.6. The van der Waals surface area contributed by atoms with Gasteiger partial charge in [-0.1, -0.05) is 35.5 Å². The second-order valence-corrected chi connectivity index (χ2v) is 9.74. The number of nitrogens with zero attached hydrogens (tertiary/aromatic N) is 5. The lowest BCUT2D eigenvalue weighted by Gasteiger charge is -2.33. The van der Waals surface area contributed by atoms with Crippen LogP contribution in [0.4, 0.5) is 5.82 Å². The first kappa shape index (κ1) is 23.3. The van der Waals surface area contributed by atoms with E-state index >= 15 is 0 Å². The van der Waals surface area contributed by atoms with Crippen molar-refractivity contribution in [2.45, 2.75) is 23.8 Å². The van der Waals surface area contributed by atoms with Crippen molar-refractivity contribution < 1.29 is 4.79 Å². The van der Waals surface area contributed by atoms with Gasteiger partial charge in [-0.2, -0.15) is 0 Å². The van der Waals surface area contributed by atoms with Crippen LogP contribution >= 0.6 is 23.4 Å². The summed E-state index contributed by atoms with van der Waals surface area (Å²) in [6.45, 7) is 7.83. The Morgan fingerprint density at radius 2 is 1.78 bits per heavy atom. The molecule has 0 radical (unpaired) electrons. The first-order valence-corrected chi connectivity index (χ1v) is 12.6. The highest BCUT2D eigenvalue weighted by Crippen LogP contribution is 2.25. The summed E-state index contributed by atoms with van der Waals surface area (Å²) >= 11 is 7.83. The Hall–Kier alpha value is -1.87. The van der Waals surface area contributed by atoms with Gasteiger partial charge in [0.1, 0.15) is 11.0 Å². The molecule has 2 saturated heterocycles. The molecule has 2 aromatic rings. The highest BCUT2D eigenvalue weighted by Gasteiger charge is 2.17. The lowest BCUT2D eigenvalue weighted by molar-refractivity contribution is 0.0949. The summed E-state index contributed by atoms with van der Waals surface area (Å²) in [7, 11) is 2.13. The molecule has 1 amide bonds. The van der Waals surface area contributed by atoms with Crippen molar-refractivity contribution in [2.75, 3.05) is 64.3 Å². The summed E-state index contributed by atoms with van der Waals surface area (Å²) < 4.78 is 0. The van der Waals surface area contributed by atoms with Gasteiger partial charge in [0, 0.05) is 56.7 Å². The number of benzene rings is 1. The Kier molecular flexibility index (Phi) is 8.24. The van der Waals surface area contributed by atoms with E-state index in [2.05, 4.69) is 32.0 Å². The maximum atomic E-state index is 12.4. The number of likely N-dealkylation sites (N-methyl/N-ethyl adjacent to an activating group) is 1. The summed E-state index contributed by atoms with van der Waals surface area (Å²) in [5.74, 6) is 1.60. The zero-order valence-corrected chi connectivity index (χ0v) is 20.2. The molecule has 0 aliphatic carbocycles. The Morgan fingerprint density at radius 3 is 2.50 bits per heavy atom. The van der Waals surface area contributed by atoms with E-state index < -0.39 is 0 Å². The number of carbonyl (C=O) groups excluding carboxylic acids is 1. The van der Waals surface area contributed by atoms with E-state index in [-0.39, 0.29) is 5.91 Å². The standard InChI is InChI=1S/C23H31ClN6OS/c1-28-12-14-30(15-13-28)21-16-20(24)26-23(27-21)32-17-18-4-6-19(7-5-18)22(31)25-8-11-29-9-2-3-10-29/h4-7,16H,2-3,8-15,17H2,1H3,(H,25,31). The fourth-order valence-corrected chi connectivity index (χ4v) is 5.02. The normalized spacial score (nSPS) is 17.6. The molecule has 32 heavy (non-hydrogen) atoms. The molecule has 9 heteroatoms. The van der Waals surface area contributed by atoms with Crippen LogP contribution in [0.25, 0.3) is 0 Å². The number of thioether (sulfide) groups is 1. The SMILES string of the molecule is CN1CCN(c2cc(Cl)nc(SCc3ccc(C(=O)NCCN4CCCC4)cc3)n2)CC1. The molecular weight excluding hydrogens is 444 g/mol. The Morgan fingerprint density at radius 1 is 1.06 bits per heavy atom. The molecular formula is C23H31ClN6OS. The third-order valence-electron chi connectivity index (χ3n) is 5.98. The largest absolute Gasteiger partial charge is 0.354 e. The number of anilines is 1. The van der Waals surface area contributed by atoms with Crippen LogP contribution in [0.5, 0.6) is 0 Å². The fraction of sp³-hybridized carbons (Fsp3) is 0.522. The fourth-order valence-electron chi connectivity index (χ4n) is 3.98. The molecule has 3 heterocycles. The molecule has 0 bridgehead atoms. The monoisotopic (exact) mass is 474 g/mol.